The van der Waals surface area contributed by atoms with E-state index < -0.39 is 0 Å². The minimum absolute atomic E-state index is 0.0323. The van der Waals surface area contributed by atoms with Gasteiger partial charge in [0.25, 0.3) is 5.91 Å². The summed E-state index contributed by atoms with van der Waals surface area (Å²) in [5, 5.41) is 10.8. The lowest BCUT2D eigenvalue weighted by molar-refractivity contribution is -0.117. The predicted octanol–water partition coefficient (Wildman–Crippen LogP) is 4.93. The van der Waals surface area contributed by atoms with Crippen LogP contribution in [-0.2, 0) is 4.79 Å². The Morgan fingerprint density at radius 2 is 1.57 bits per heavy atom. The van der Waals surface area contributed by atoms with E-state index in [1.165, 1.54) is 0 Å². The molecule has 30 heavy (non-hydrogen) atoms. The standard InChI is InChI=1S/C25H24N2O3/c1-17-16-22(27(18(2)28)20-12-7-4-8-13-20)21-14-9-15-23(29)24(21)26(17)25(30)19-10-5-3-6-11-19/h3-15,17,22,29H,16H2,1-2H3. The monoisotopic (exact) mass is 400 g/mol. The Morgan fingerprint density at radius 1 is 0.933 bits per heavy atom. The molecule has 1 aliphatic heterocycles. The highest BCUT2D eigenvalue weighted by molar-refractivity contribution is 6.08. The quantitative estimate of drug-likeness (QED) is 0.678. The van der Waals surface area contributed by atoms with Crippen LogP contribution in [0.5, 0.6) is 5.75 Å². The Bertz CT molecular complexity index is 1070. The van der Waals surface area contributed by atoms with Crippen LogP contribution in [0.4, 0.5) is 11.4 Å². The van der Waals surface area contributed by atoms with Crippen LogP contribution in [0.1, 0.15) is 42.2 Å². The van der Waals surface area contributed by atoms with E-state index in [2.05, 4.69) is 0 Å². The molecule has 0 aliphatic carbocycles. The number of nitrogens with zero attached hydrogens (tertiary/aromatic N) is 2. The van der Waals surface area contributed by atoms with Gasteiger partial charge in [0.1, 0.15) is 5.75 Å². The van der Waals surface area contributed by atoms with Crippen LogP contribution in [-0.4, -0.2) is 23.0 Å². The molecule has 1 heterocycles. The molecule has 0 spiro atoms. The molecule has 0 radical (unpaired) electrons. The van der Waals surface area contributed by atoms with Gasteiger partial charge in [-0.15, -0.1) is 0 Å². The Hall–Kier alpha value is -3.60. The zero-order chi connectivity index (χ0) is 21.3. The van der Waals surface area contributed by atoms with Gasteiger partial charge in [0.05, 0.1) is 11.7 Å². The van der Waals surface area contributed by atoms with Gasteiger partial charge < -0.3 is 14.9 Å². The molecular formula is C25H24N2O3. The fourth-order valence-corrected chi connectivity index (χ4v) is 4.29. The first-order valence-electron chi connectivity index (χ1n) is 10.0. The molecule has 152 valence electrons. The minimum Gasteiger partial charge on any atom is -0.506 e. The SMILES string of the molecule is CC(=O)N(c1ccccc1)C1CC(C)N(C(=O)c2ccccc2)c2c(O)cccc21. The number of carbonyl (C=O) groups is 2. The van der Waals surface area contributed by atoms with Gasteiger partial charge in [-0.3, -0.25) is 9.59 Å². The van der Waals surface area contributed by atoms with E-state index in [0.29, 0.717) is 17.7 Å². The van der Waals surface area contributed by atoms with Crippen LogP contribution in [0.2, 0.25) is 0 Å². The van der Waals surface area contributed by atoms with Gasteiger partial charge in [-0.2, -0.15) is 0 Å². The lowest BCUT2D eigenvalue weighted by Gasteiger charge is -2.43. The first-order valence-corrected chi connectivity index (χ1v) is 10.0. The van der Waals surface area contributed by atoms with E-state index in [-0.39, 0.29) is 29.6 Å². The van der Waals surface area contributed by atoms with Crippen LogP contribution < -0.4 is 9.80 Å². The highest BCUT2D eigenvalue weighted by Gasteiger charge is 2.39. The van der Waals surface area contributed by atoms with Crippen LogP contribution in [0.25, 0.3) is 0 Å². The van der Waals surface area contributed by atoms with Gasteiger partial charge >= 0.3 is 0 Å². The van der Waals surface area contributed by atoms with Gasteiger partial charge in [0.2, 0.25) is 5.91 Å². The Morgan fingerprint density at radius 3 is 2.20 bits per heavy atom. The summed E-state index contributed by atoms with van der Waals surface area (Å²) in [4.78, 5) is 29.4. The van der Waals surface area contributed by atoms with Crippen LogP contribution in [0.3, 0.4) is 0 Å². The molecule has 0 aromatic heterocycles. The Labute approximate surface area is 176 Å². The fraction of sp³-hybridized carbons (Fsp3) is 0.200. The van der Waals surface area contributed by atoms with Crippen LogP contribution in [0.15, 0.2) is 78.9 Å². The van der Waals surface area contributed by atoms with E-state index in [4.69, 9.17) is 0 Å². The molecule has 3 aromatic carbocycles. The number of benzene rings is 3. The molecule has 0 bridgehead atoms. The van der Waals surface area contributed by atoms with Crippen molar-refractivity contribution in [2.24, 2.45) is 0 Å². The summed E-state index contributed by atoms with van der Waals surface area (Å²) < 4.78 is 0. The van der Waals surface area contributed by atoms with Crippen molar-refractivity contribution >= 4 is 23.2 Å². The number of carbonyl (C=O) groups excluding carboxylic acids is 2. The predicted molar refractivity (Wildman–Crippen MR) is 118 cm³/mol. The second-order valence-electron chi connectivity index (χ2n) is 7.58. The number of fused-ring (bicyclic) bond motifs is 1. The van der Waals surface area contributed by atoms with Crippen LogP contribution >= 0.6 is 0 Å². The summed E-state index contributed by atoms with van der Waals surface area (Å²) in [5.41, 5.74) is 2.58. The lowest BCUT2D eigenvalue weighted by Crippen LogP contribution is -2.47. The van der Waals surface area contributed by atoms with Gasteiger partial charge in [-0.05, 0) is 43.7 Å². The summed E-state index contributed by atoms with van der Waals surface area (Å²) in [6.45, 7) is 3.49. The van der Waals surface area contributed by atoms with Crippen molar-refractivity contribution < 1.29 is 14.7 Å². The highest BCUT2D eigenvalue weighted by Crippen LogP contribution is 2.46. The average molecular weight is 400 g/mol. The van der Waals surface area contributed by atoms with Crippen molar-refractivity contribution in [3.63, 3.8) is 0 Å². The number of rotatable bonds is 3. The van der Waals surface area contributed by atoms with Gasteiger partial charge in [-0.1, -0.05) is 48.5 Å². The molecule has 0 saturated heterocycles. The maximum atomic E-state index is 13.3. The zero-order valence-corrected chi connectivity index (χ0v) is 17.0. The molecule has 4 rings (SSSR count). The third kappa shape index (κ3) is 3.43. The number of hydrogen-bond donors (Lipinski definition) is 1. The molecule has 2 unspecified atom stereocenters. The molecular weight excluding hydrogens is 376 g/mol. The van der Waals surface area contributed by atoms with E-state index in [1.807, 2.05) is 61.5 Å². The number of phenols is 1. The normalized spacial score (nSPS) is 17.9. The molecule has 5 heteroatoms. The first kappa shape index (κ1) is 19.7. The van der Waals surface area contributed by atoms with E-state index in [0.717, 1.165) is 11.3 Å². The van der Waals surface area contributed by atoms with E-state index >= 15 is 0 Å². The Balaban J connectivity index is 1.84. The molecule has 3 aromatic rings. The topological polar surface area (TPSA) is 60.9 Å². The number of para-hydroxylation sites is 2. The second-order valence-corrected chi connectivity index (χ2v) is 7.58. The molecule has 1 N–H and O–H groups in total. The Kier molecular flexibility index (Phi) is 5.27. The molecule has 2 atom stereocenters. The number of aromatic hydroxyl groups is 1. The smallest absolute Gasteiger partial charge is 0.258 e. The van der Waals surface area contributed by atoms with Gasteiger partial charge in [0, 0.05) is 29.8 Å². The molecule has 2 amide bonds. The number of amides is 2. The van der Waals surface area contributed by atoms with Crippen molar-refractivity contribution in [3.8, 4) is 5.75 Å². The van der Waals surface area contributed by atoms with E-state index in [1.54, 1.807) is 41.0 Å². The summed E-state index contributed by atoms with van der Waals surface area (Å²) in [5.74, 6) is -0.223. The highest BCUT2D eigenvalue weighted by atomic mass is 16.3. The lowest BCUT2D eigenvalue weighted by atomic mass is 9.89. The molecule has 0 saturated carbocycles. The number of anilines is 2. The van der Waals surface area contributed by atoms with Crippen molar-refractivity contribution in [2.45, 2.75) is 32.4 Å². The molecule has 0 fully saturated rings. The first-order chi connectivity index (χ1) is 14.5. The van der Waals surface area contributed by atoms with Crippen LogP contribution in [0, 0.1) is 0 Å². The average Bonchev–Trinajstić information content (AvgIpc) is 2.75. The maximum Gasteiger partial charge on any atom is 0.258 e. The molecule has 1 aliphatic rings. The largest absolute Gasteiger partial charge is 0.506 e. The van der Waals surface area contributed by atoms with E-state index in [9.17, 15) is 14.7 Å². The fourth-order valence-electron chi connectivity index (χ4n) is 4.29. The van der Waals surface area contributed by atoms with Crippen molar-refractivity contribution in [2.75, 3.05) is 9.80 Å². The van der Waals surface area contributed by atoms with Gasteiger partial charge in [0.15, 0.2) is 0 Å². The van der Waals surface area contributed by atoms with Gasteiger partial charge in [-0.25, -0.2) is 0 Å². The summed E-state index contributed by atoms with van der Waals surface area (Å²) in [7, 11) is 0. The number of hydrogen-bond acceptors (Lipinski definition) is 3. The van der Waals surface area contributed by atoms with Crippen molar-refractivity contribution in [1.29, 1.82) is 0 Å². The van der Waals surface area contributed by atoms with Crippen molar-refractivity contribution in [1.82, 2.24) is 0 Å². The third-order valence-corrected chi connectivity index (χ3v) is 5.58. The van der Waals surface area contributed by atoms with Crippen molar-refractivity contribution in [3.05, 3.63) is 90.0 Å². The maximum absolute atomic E-state index is 13.3. The summed E-state index contributed by atoms with van der Waals surface area (Å²) in [6.07, 6.45) is 0.559. The second kappa shape index (κ2) is 8.03. The molecule has 5 nitrogen and oxygen atoms in total. The summed E-state index contributed by atoms with van der Waals surface area (Å²) >= 11 is 0. The number of phenolic OH excluding ortho intramolecular Hbond substituents is 1. The third-order valence-electron chi connectivity index (χ3n) is 5.58. The summed E-state index contributed by atoms with van der Waals surface area (Å²) in [6, 6.07) is 23.3. The zero-order valence-electron chi connectivity index (χ0n) is 17.0. The minimum atomic E-state index is -0.290.